The van der Waals surface area contributed by atoms with Crippen LogP contribution >= 0.6 is 0 Å². The molecule has 130 valence electrons. The van der Waals surface area contributed by atoms with E-state index in [2.05, 4.69) is 27.6 Å². The summed E-state index contributed by atoms with van der Waals surface area (Å²) in [6.07, 6.45) is 4.24. The first-order valence-corrected chi connectivity index (χ1v) is 8.57. The molecule has 26 heavy (non-hydrogen) atoms. The monoisotopic (exact) mass is 345 g/mol. The third-order valence-corrected chi connectivity index (χ3v) is 4.66. The lowest BCUT2D eigenvalue weighted by Gasteiger charge is -2.06. The second kappa shape index (κ2) is 6.96. The van der Waals surface area contributed by atoms with E-state index in [0.717, 1.165) is 22.9 Å². The van der Waals surface area contributed by atoms with E-state index in [-0.39, 0.29) is 11.8 Å². The molecule has 1 aliphatic rings. The maximum atomic E-state index is 12.3. The van der Waals surface area contributed by atoms with Crippen LogP contribution in [-0.2, 0) is 4.79 Å². The summed E-state index contributed by atoms with van der Waals surface area (Å²) in [5, 5.41) is 5.08. The van der Waals surface area contributed by atoms with Gasteiger partial charge in [0.1, 0.15) is 11.3 Å². The highest BCUT2D eigenvalue weighted by molar-refractivity contribution is 5.93. The number of hydrogen-bond donors (Lipinski definition) is 1. The minimum absolute atomic E-state index is 0.00453. The lowest BCUT2D eigenvalue weighted by Crippen LogP contribution is -2.20. The molecule has 2 atom stereocenters. The Hall–Kier alpha value is -3.21. The minimum Gasteiger partial charge on any atom is -0.494 e. The quantitative estimate of drug-likeness (QED) is 0.569. The summed E-state index contributed by atoms with van der Waals surface area (Å²) in [6.45, 7) is 0. The molecule has 1 fully saturated rings. The van der Waals surface area contributed by atoms with E-state index in [1.807, 2.05) is 42.5 Å². The zero-order valence-electron chi connectivity index (χ0n) is 14.4. The summed E-state index contributed by atoms with van der Waals surface area (Å²) >= 11 is 0. The van der Waals surface area contributed by atoms with Gasteiger partial charge in [0.2, 0.25) is 5.91 Å². The fraction of sp³-hybridized carbons (Fsp3) is 0.190. The number of carbonyl (C=O) groups is 1. The van der Waals surface area contributed by atoms with E-state index in [0.29, 0.717) is 11.7 Å². The van der Waals surface area contributed by atoms with Crippen molar-refractivity contribution in [3.8, 4) is 5.75 Å². The SMILES string of the molecule is COc1cc(/C=N\NC(=O)C2CC2c2ccccc2)cc2cccnc12. The third-order valence-electron chi connectivity index (χ3n) is 4.66. The highest BCUT2D eigenvalue weighted by Crippen LogP contribution is 2.47. The molecular formula is C21H19N3O2. The van der Waals surface area contributed by atoms with Crippen LogP contribution in [0.5, 0.6) is 5.75 Å². The van der Waals surface area contributed by atoms with Crippen LogP contribution in [0.1, 0.15) is 23.5 Å². The van der Waals surface area contributed by atoms with Crippen LogP contribution in [0.15, 0.2) is 65.9 Å². The molecular weight excluding hydrogens is 326 g/mol. The molecule has 4 rings (SSSR count). The van der Waals surface area contributed by atoms with Gasteiger partial charge in [0.25, 0.3) is 0 Å². The zero-order chi connectivity index (χ0) is 17.9. The van der Waals surface area contributed by atoms with Crippen LogP contribution in [-0.4, -0.2) is 24.2 Å². The number of rotatable bonds is 5. The van der Waals surface area contributed by atoms with Gasteiger partial charge >= 0.3 is 0 Å². The largest absolute Gasteiger partial charge is 0.494 e. The second-order valence-electron chi connectivity index (χ2n) is 6.39. The molecule has 1 heterocycles. The summed E-state index contributed by atoms with van der Waals surface area (Å²) in [5.74, 6) is 0.954. The van der Waals surface area contributed by atoms with Gasteiger partial charge in [-0.05, 0) is 41.7 Å². The zero-order valence-corrected chi connectivity index (χ0v) is 14.4. The Balaban J connectivity index is 1.43. The van der Waals surface area contributed by atoms with E-state index >= 15 is 0 Å². The smallest absolute Gasteiger partial charge is 0.243 e. The first kappa shape index (κ1) is 16.3. The van der Waals surface area contributed by atoms with Crippen molar-refractivity contribution in [3.63, 3.8) is 0 Å². The number of nitrogens with zero attached hydrogens (tertiary/aromatic N) is 2. The molecule has 3 aromatic rings. The number of methoxy groups -OCH3 is 1. The van der Waals surface area contributed by atoms with Crippen LogP contribution in [0.2, 0.25) is 0 Å². The second-order valence-corrected chi connectivity index (χ2v) is 6.39. The predicted octanol–water partition coefficient (Wildman–Crippen LogP) is 3.50. The van der Waals surface area contributed by atoms with Gasteiger partial charge in [0, 0.05) is 17.5 Å². The molecule has 0 bridgehead atoms. The molecule has 1 N–H and O–H groups in total. The summed E-state index contributed by atoms with van der Waals surface area (Å²) in [4.78, 5) is 16.6. The number of amides is 1. The molecule has 2 unspecified atom stereocenters. The molecule has 1 saturated carbocycles. The molecule has 1 aromatic heterocycles. The molecule has 5 nitrogen and oxygen atoms in total. The predicted molar refractivity (Wildman–Crippen MR) is 101 cm³/mol. The normalized spacial score (nSPS) is 18.8. The number of nitrogens with one attached hydrogen (secondary N) is 1. The first-order valence-electron chi connectivity index (χ1n) is 8.57. The van der Waals surface area contributed by atoms with Gasteiger partial charge in [-0.25, -0.2) is 5.43 Å². The number of hydrazone groups is 1. The van der Waals surface area contributed by atoms with Gasteiger partial charge in [0.15, 0.2) is 0 Å². The van der Waals surface area contributed by atoms with Crippen LogP contribution < -0.4 is 10.2 Å². The third kappa shape index (κ3) is 3.28. The number of ether oxygens (including phenoxy) is 1. The fourth-order valence-corrected chi connectivity index (χ4v) is 3.22. The summed E-state index contributed by atoms with van der Waals surface area (Å²) in [7, 11) is 1.61. The Morgan fingerprint density at radius 1 is 1.23 bits per heavy atom. The Kier molecular flexibility index (Phi) is 4.35. The van der Waals surface area contributed by atoms with Crippen molar-refractivity contribution < 1.29 is 9.53 Å². The van der Waals surface area contributed by atoms with Gasteiger partial charge in [-0.1, -0.05) is 36.4 Å². The Bertz CT molecular complexity index is 969. The summed E-state index contributed by atoms with van der Waals surface area (Å²) in [6, 6.07) is 17.8. The average Bonchev–Trinajstić information content (AvgIpc) is 3.49. The van der Waals surface area contributed by atoms with Crippen molar-refractivity contribution in [2.75, 3.05) is 7.11 Å². The number of pyridine rings is 1. The number of hydrogen-bond acceptors (Lipinski definition) is 4. The minimum atomic E-state index is -0.0375. The summed E-state index contributed by atoms with van der Waals surface area (Å²) in [5.41, 5.74) is 5.51. The summed E-state index contributed by atoms with van der Waals surface area (Å²) < 4.78 is 5.40. The molecule has 0 radical (unpaired) electrons. The van der Waals surface area contributed by atoms with Gasteiger partial charge in [-0.2, -0.15) is 5.10 Å². The van der Waals surface area contributed by atoms with Crippen molar-refractivity contribution >= 4 is 23.0 Å². The van der Waals surface area contributed by atoms with Crippen molar-refractivity contribution in [2.24, 2.45) is 11.0 Å². The average molecular weight is 345 g/mol. The lowest BCUT2D eigenvalue weighted by atomic mass is 10.1. The van der Waals surface area contributed by atoms with Crippen molar-refractivity contribution in [1.82, 2.24) is 10.4 Å². The van der Waals surface area contributed by atoms with E-state index in [9.17, 15) is 4.79 Å². The molecule has 0 spiro atoms. The molecule has 0 saturated heterocycles. The van der Waals surface area contributed by atoms with E-state index in [4.69, 9.17) is 4.74 Å². The first-order chi connectivity index (χ1) is 12.8. The molecule has 5 heteroatoms. The van der Waals surface area contributed by atoms with Crippen LogP contribution in [0, 0.1) is 5.92 Å². The highest BCUT2D eigenvalue weighted by Gasteiger charge is 2.43. The van der Waals surface area contributed by atoms with Gasteiger partial charge in [-0.15, -0.1) is 0 Å². The topological polar surface area (TPSA) is 63.6 Å². The van der Waals surface area contributed by atoms with Crippen LogP contribution in [0.4, 0.5) is 0 Å². The van der Waals surface area contributed by atoms with Gasteiger partial charge in [-0.3, -0.25) is 9.78 Å². The van der Waals surface area contributed by atoms with Crippen LogP contribution in [0.25, 0.3) is 10.9 Å². The van der Waals surface area contributed by atoms with Gasteiger partial charge in [0.05, 0.1) is 13.3 Å². The van der Waals surface area contributed by atoms with Crippen molar-refractivity contribution in [1.29, 1.82) is 0 Å². The van der Waals surface area contributed by atoms with Crippen molar-refractivity contribution in [2.45, 2.75) is 12.3 Å². The maximum absolute atomic E-state index is 12.3. The molecule has 0 aliphatic heterocycles. The molecule has 2 aromatic carbocycles. The van der Waals surface area contributed by atoms with E-state index in [1.54, 1.807) is 19.5 Å². The molecule has 1 aliphatic carbocycles. The number of aromatic nitrogens is 1. The van der Waals surface area contributed by atoms with E-state index < -0.39 is 0 Å². The van der Waals surface area contributed by atoms with Crippen molar-refractivity contribution in [3.05, 3.63) is 71.9 Å². The lowest BCUT2D eigenvalue weighted by molar-refractivity contribution is -0.122. The number of benzene rings is 2. The fourth-order valence-electron chi connectivity index (χ4n) is 3.22. The molecule has 1 amide bonds. The van der Waals surface area contributed by atoms with Crippen LogP contribution in [0.3, 0.4) is 0 Å². The standard InChI is InChI=1S/C21H19N3O2/c1-26-19-11-14(10-16-8-5-9-22-20(16)19)13-23-24-21(25)18-12-17(18)15-6-3-2-4-7-15/h2-11,13,17-18H,12H2,1H3,(H,24,25)/b23-13-. The van der Waals surface area contributed by atoms with E-state index in [1.165, 1.54) is 5.56 Å². The maximum Gasteiger partial charge on any atom is 0.243 e. The number of fused-ring (bicyclic) bond motifs is 1. The Morgan fingerprint density at radius 3 is 2.88 bits per heavy atom. The Morgan fingerprint density at radius 2 is 2.08 bits per heavy atom. The van der Waals surface area contributed by atoms with Gasteiger partial charge < -0.3 is 4.74 Å². The Labute approximate surface area is 151 Å². The highest BCUT2D eigenvalue weighted by atomic mass is 16.5. The number of carbonyl (C=O) groups excluding carboxylic acids is 1.